The van der Waals surface area contributed by atoms with Gasteiger partial charge in [-0.3, -0.25) is 4.79 Å². The van der Waals surface area contributed by atoms with Crippen LogP contribution in [0.2, 0.25) is 10.0 Å². The molecule has 2 bridgehead atoms. The summed E-state index contributed by atoms with van der Waals surface area (Å²) in [4.78, 5) is 12.3. The SMILES string of the molecule is CC(NC(=O)CC1CC2CCC(C1)N2)c1cccc(Cl)c1Cl. The molecule has 2 heterocycles. The summed E-state index contributed by atoms with van der Waals surface area (Å²) in [6.45, 7) is 1.95. The first-order chi connectivity index (χ1) is 10.5. The van der Waals surface area contributed by atoms with Crippen molar-refractivity contribution in [3.8, 4) is 0 Å². The van der Waals surface area contributed by atoms with Crippen LogP contribution in [0.3, 0.4) is 0 Å². The summed E-state index contributed by atoms with van der Waals surface area (Å²) in [5.74, 6) is 0.607. The summed E-state index contributed by atoms with van der Waals surface area (Å²) in [5.41, 5.74) is 0.868. The van der Waals surface area contributed by atoms with Crippen molar-refractivity contribution < 1.29 is 4.79 Å². The fourth-order valence-corrected chi connectivity index (χ4v) is 4.31. The van der Waals surface area contributed by atoms with Gasteiger partial charge in [0.1, 0.15) is 0 Å². The van der Waals surface area contributed by atoms with Gasteiger partial charge in [0.2, 0.25) is 5.91 Å². The third-order valence-electron chi connectivity index (χ3n) is 4.87. The van der Waals surface area contributed by atoms with E-state index in [0.29, 0.717) is 34.5 Å². The normalized spacial score (nSPS) is 28.4. The lowest BCUT2D eigenvalue weighted by Gasteiger charge is -2.29. The minimum atomic E-state index is -0.128. The highest BCUT2D eigenvalue weighted by atomic mass is 35.5. The molecule has 0 spiro atoms. The molecular weight excluding hydrogens is 319 g/mol. The maximum Gasteiger partial charge on any atom is 0.220 e. The van der Waals surface area contributed by atoms with Crippen molar-refractivity contribution in [1.82, 2.24) is 10.6 Å². The molecule has 3 nitrogen and oxygen atoms in total. The van der Waals surface area contributed by atoms with E-state index < -0.39 is 0 Å². The summed E-state index contributed by atoms with van der Waals surface area (Å²) >= 11 is 12.3. The standard InChI is InChI=1S/C17H22Cl2N2O/c1-10(14-3-2-4-15(18)17(14)19)20-16(22)9-11-7-12-5-6-13(8-11)21-12/h2-4,10-13,21H,5-9H2,1H3,(H,20,22). The number of benzene rings is 1. The summed E-state index contributed by atoms with van der Waals surface area (Å²) in [6.07, 6.45) is 5.37. The molecule has 1 aromatic carbocycles. The van der Waals surface area contributed by atoms with Gasteiger partial charge in [0.15, 0.2) is 0 Å². The average molecular weight is 341 g/mol. The van der Waals surface area contributed by atoms with Gasteiger partial charge in [-0.05, 0) is 50.2 Å². The Balaban J connectivity index is 1.56. The highest BCUT2D eigenvalue weighted by Gasteiger charge is 2.34. The number of halogens is 2. The number of amides is 1. The van der Waals surface area contributed by atoms with E-state index in [0.717, 1.165) is 18.4 Å². The van der Waals surface area contributed by atoms with E-state index in [1.807, 2.05) is 19.1 Å². The second-order valence-electron chi connectivity index (χ2n) is 6.61. The number of carbonyl (C=O) groups excluding carboxylic acids is 1. The lowest BCUT2D eigenvalue weighted by molar-refractivity contribution is -0.122. The molecule has 22 heavy (non-hydrogen) atoms. The molecule has 3 rings (SSSR count). The first-order valence-corrected chi connectivity index (χ1v) is 8.78. The van der Waals surface area contributed by atoms with Crippen molar-refractivity contribution >= 4 is 29.1 Å². The lowest BCUT2D eigenvalue weighted by atomic mass is 9.89. The third-order valence-corrected chi connectivity index (χ3v) is 5.70. The molecule has 2 N–H and O–H groups in total. The highest BCUT2D eigenvalue weighted by molar-refractivity contribution is 6.42. The lowest BCUT2D eigenvalue weighted by Crippen LogP contribution is -2.40. The van der Waals surface area contributed by atoms with Gasteiger partial charge in [0, 0.05) is 18.5 Å². The van der Waals surface area contributed by atoms with Crippen molar-refractivity contribution in [1.29, 1.82) is 0 Å². The first kappa shape index (κ1) is 16.1. The van der Waals surface area contributed by atoms with Gasteiger partial charge >= 0.3 is 0 Å². The maximum absolute atomic E-state index is 12.3. The van der Waals surface area contributed by atoms with E-state index >= 15 is 0 Å². The molecule has 2 aliphatic heterocycles. The monoisotopic (exact) mass is 340 g/mol. The summed E-state index contributed by atoms with van der Waals surface area (Å²) < 4.78 is 0. The summed E-state index contributed by atoms with van der Waals surface area (Å²) in [7, 11) is 0. The molecule has 1 aromatic rings. The predicted molar refractivity (Wildman–Crippen MR) is 90.3 cm³/mol. The number of nitrogens with one attached hydrogen (secondary N) is 2. The van der Waals surface area contributed by atoms with Gasteiger partial charge in [0.05, 0.1) is 16.1 Å². The Morgan fingerprint density at radius 1 is 1.32 bits per heavy atom. The number of hydrogen-bond acceptors (Lipinski definition) is 2. The van der Waals surface area contributed by atoms with E-state index in [1.165, 1.54) is 12.8 Å². The second-order valence-corrected chi connectivity index (χ2v) is 7.40. The molecule has 2 aliphatic rings. The minimum absolute atomic E-state index is 0.106. The summed E-state index contributed by atoms with van der Waals surface area (Å²) in [5, 5.41) is 7.72. The van der Waals surface area contributed by atoms with Crippen LogP contribution in [0.1, 0.15) is 50.6 Å². The van der Waals surface area contributed by atoms with E-state index in [2.05, 4.69) is 10.6 Å². The Kier molecular flexibility index (Phi) is 4.96. The van der Waals surface area contributed by atoms with E-state index in [1.54, 1.807) is 6.07 Å². The fourth-order valence-electron chi connectivity index (χ4n) is 3.84. The van der Waals surface area contributed by atoms with Crippen molar-refractivity contribution in [3.63, 3.8) is 0 Å². The van der Waals surface area contributed by atoms with Crippen LogP contribution in [-0.4, -0.2) is 18.0 Å². The quantitative estimate of drug-likeness (QED) is 0.866. The average Bonchev–Trinajstić information content (AvgIpc) is 2.80. The van der Waals surface area contributed by atoms with Gasteiger partial charge in [-0.25, -0.2) is 0 Å². The van der Waals surface area contributed by atoms with Crippen LogP contribution in [0.25, 0.3) is 0 Å². The van der Waals surface area contributed by atoms with Crippen LogP contribution in [0, 0.1) is 5.92 Å². The van der Waals surface area contributed by atoms with E-state index in [-0.39, 0.29) is 11.9 Å². The Labute approximate surface area is 141 Å². The zero-order valence-corrected chi connectivity index (χ0v) is 14.3. The molecule has 0 radical (unpaired) electrons. The van der Waals surface area contributed by atoms with Crippen LogP contribution in [0.4, 0.5) is 0 Å². The van der Waals surface area contributed by atoms with Crippen LogP contribution in [0.15, 0.2) is 18.2 Å². The second kappa shape index (κ2) is 6.77. The number of rotatable bonds is 4. The van der Waals surface area contributed by atoms with E-state index in [9.17, 15) is 4.79 Å². The number of fused-ring (bicyclic) bond motifs is 2. The van der Waals surface area contributed by atoms with Crippen molar-refractivity contribution in [3.05, 3.63) is 33.8 Å². The molecule has 120 valence electrons. The van der Waals surface area contributed by atoms with Crippen LogP contribution in [0.5, 0.6) is 0 Å². The smallest absolute Gasteiger partial charge is 0.220 e. The number of piperidine rings is 1. The van der Waals surface area contributed by atoms with Crippen molar-refractivity contribution in [2.24, 2.45) is 5.92 Å². The largest absolute Gasteiger partial charge is 0.350 e. The fraction of sp³-hybridized carbons (Fsp3) is 0.588. The molecular formula is C17H22Cl2N2O. The van der Waals surface area contributed by atoms with Gasteiger partial charge in [-0.15, -0.1) is 0 Å². The number of carbonyl (C=O) groups is 1. The topological polar surface area (TPSA) is 41.1 Å². The molecule has 3 atom stereocenters. The van der Waals surface area contributed by atoms with Crippen LogP contribution < -0.4 is 10.6 Å². The molecule has 0 aliphatic carbocycles. The summed E-state index contributed by atoms with van der Waals surface area (Å²) in [6, 6.07) is 6.64. The molecule has 5 heteroatoms. The molecule has 1 amide bonds. The van der Waals surface area contributed by atoms with Crippen molar-refractivity contribution in [2.75, 3.05) is 0 Å². The molecule has 2 saturated heterocycles. The van der Waals surface area contributed by atoms with Gasteiger partial charge < -0.3 is 10.6 Å². The molecule has 0 saturated carbocycles. The van der Waals surface area contributed by atoms with Gasteiger partial charge in [-0.2, -0.15) is 0 Å². The van der Waals surface area contributed by atoms with Crippen molar-refractivity contribution in [2.45, 2.75) is 57.2 Å². The molecule has 3 unspecified atom stereocenters. The van der Waals surface area contributed by atoms with Crippen LogP contribution >= 0.6 is 23.2 Å². The van der Waals surface area contributed by atoms with Crippen LogP contribution in [-0.2, 0) is 4.79 Å². The molecule has 2 fully saturated rings. The number of hydrogen-bond donors (Lipinski definition) is 2. The van der Waals surface area contributed by atoms with E-state index in [4.69, 9.17) is 23.2 Å². The van der Waals surface area contributed by atoms with Gasteiger partial charge in [0.25, 0.3) is 0 Å². The predicted octanol–water partition coefficient (Wildman–Crippen LogP) is 4.09. The highest BCUT2D eigenvalue weighted by Crippen LogP contribution is 2.33. The zero-order valence-electron chi connectivity index (χ0n) is 12.7. The maximum atomic E-state index is 12.3. The third kappa shape index (κ3) is 3.58. The minimum Gasteiger partial charge on any atom is -0.350 e. The first-order valence-electron chi connectivity index (χ1n) is 8.02. The zero-order chi connectivity index (χ0) is 15.7. The Morgan fingerprint density at radius 2 is 2.00 bits per heavy atom. The Bertz CT molecular complexity index is 552. The Morgan fingerprint density at radius 3 is 2.68 bits per heavy atom. The molecule has 0 aromatic heterocycles. The Hall–Kier alpha value is -0.770. The van der Waals surface area contributed by atoms with Gasteiger partial charge in [-0.1, -0.05) is 35.3 Å².